The van der Waals surface area contributed by atoms with E-state index >= 15 is 0 Å². The van der Waals surface area contributed by atoms with E-state index in [-0.39, 0.29) is 18.0 Å². The van der Waals surface area contributed by atoms with Crippen LogP contribution in [0.1, 0.15) is 0 Å². The van der Waals surface area contributed by atoms with Crippen molar-refractivity contribution in [1.29, 1.82) is 0 Å². The molecule has 0 bridgehead atoms. The second-order valence-electron chi connectivity index (χ2n) is 5.11. The van der Waals surface area contributed by atoms with Gasteiger partial charge in [-0.2, -0.15) is 0 Å². The predicted octanol–water partition coefficient (Wildman–Crippen LogP) is 3.65. The van der Waals surface area contributed by atoms with Gasteiger partial charge in [-0.05, 0) is 12.1 Å². The van der Waals surface area contributed by atoms with E-state index < -0.39 is 5.82 Å². The molecule has 0 aliphatic rings. The zero-order chi connectivity index (χ0) is 15.9. The number of nitrogens with zero attached hydrogens (tertiary/aromatic N) is 3. The van der Waals surface area contributed by atoms with Gasteiger partial charge in [0.25, 0.3) is 0 Å². The Balaban J connectivity index is 2.08. The molecule has 3 heterocycles. The van der Waals surface area contributed by atoms with Crippen molar-refractivity contribution < 1.29 is 9.18 Å². The molecular weight excluding hydrogens is 325 g/mol. The molecule has 0 aromatic carbocycles. The first-order valence-electron chi connectivity index (χ1n) is 6.54. The molecule has 3 rings (SSSR count). The van der Waals surface area contributed by atoms with E-state index in [4.69, 9.17) is 11.6 Å². The molecule has 0 fully saturated rings. The summed E-state index contributed by atoms with van der Waals surface area (Å²) in [4.78, 5) is 18.5. The van der Waals surface area contributed by atoms with Crippen LogP contribution in [0.15, 0.2) is 29.9 Å². The van der Waals surface area contributed by atoms with Gasteiger partial charge in [0.15, 0.2) is 5.82 Å². The Morgan fingerprint density at radius 1 is 1.45 bits per heavy atom. The Labute approximate surface area is 135 Å². The number of fused-ring (bicyclic) bond motifs is 1. The van der Waals surface area contributed by atoms with Gasteiger partial charge in [-0.15, -0.1) is 11.3 Å². The van der Waals surface area contributed by atoms with Gasteiger partial charge >= 0.3 is 0 Å². The summed E-state index contributed by atoms with van der Waals surface area (Å²) in [5.41, 5.74) is 1.70. The summed E-state index contributed by atoms with van der Waals surface area (Å²) in [5.74, 6) is -0.543. The van der Waals surface area contributed by atoms with Crippen LogP contribution in [0.25, 0.3) is 21.5 Å². The highest BCUT2D eigenvalue weighted by Gasteiger charge is 2.14. The largest absolute Gasteiger partial charge is 0.347 e. The molecule has 0 atom stereocenters. The van der Waals surface area contributed by atoms with E-state index in [0.717, 1.165) is 10.4 Å². The van der Waals surface area contributed by atoms with Crippen LogP contribution < -0.4 is 0 Å². The second kappa shape index (κ2) is 5.70. The number of hydrogen-bond acceptors (Lipinski definition) is 3. The maximum atomic E-state index is 14.0. The van der Waals surface area contributed by atoms with Crippen molar-refractivity contribution in [3.05, 3.63) is 40.7 Å². The maximum Gasteiger partial charge on any atom is 0.241 e. The molecular formula is C15H13ClFN3OS. The van der Waals surface area contributed by atoms with E-state index in [0.29, 0.717) is 10.5 Å². The van der Waals surface area contributed by atoms with Crippen LogP contribution in [-0.2, 0) is 11.3 Å². The first-order valence-corrected chi connectivity index (χ1v) is 7.80. The molecule has 3 aromatic rings. The number of rotatable bonds is 3. The quantitative estimate of drug-likeness (QED) is 0.731. The minimum absolute atomic E-state index is 0.0732. The first kappa shape index (κ1) is 15.0. The Kier molecular flexibility index (Phi) is 3.88. The molecule has 0 radical (unpaired) electrons. The lowest BCUT2D eigenvalue weighted by Crippen LogP contribution is -2.25. The molecule has 0 aliphatic heterocycles. The molecule has 0 saturated heterocycles. The Bertz CT molecular complexity index is 856. The van der Waals surface area contributed by atoms with Gasteiger partial charge in [0, 0.05) is 42.3 Å². The lowest BCUT2D eigenvalue weighted by molar-refractivity contribution is -0.129. The molecule has 1 amide bonds. The molecule has 0 N–H and O–H groups in total. The van der Waals surface area contributed by atoms with Crippen LogP contribution in [0.5, 0.6) is 0 Å². The van der Waals surface area contributed by atoms with Gasteiger partial charge in [-0.3, -0.25) is 9.78 Å². The summed E-state index contributed by atoms with van der Waals surface area (Å²) in [7, 11) is 3.34. The van der Waals surface area contributed by atoms with Crippen LogP contribution in [0.2, 0.25) is 5.02 Å². The van der Waals surface area contributed by atoms with Crippen LogP contribution in [0.3, 0.4) is 0 Å². The van der Waals surface area contributed by atoms with Gasteiger partial charge in [-0.25, -0.2) is 4.39 Å². The van der Waals surface area contributed by atoms with Gasteiger partial charge in [0.1, 0.15) is 12.1 Å². The molecule has 0 aliphatic carbocycles. The Hall–Kier alpha value is -1.92. The van der Waals surface area contributed by atoms with Gasteiger partial charge in [0.2, 0.25) is 5.91 Å². The van der Waals surface area contributed by atoms with Crippen LogP contribution >= 0.6 is 22.9 Å². The number of aromatic nitrogens is 2. The molecule has 0 saturated carbocycles. The molecule has 3 aromatic heterocycles. The number of likely N-dealkylation sites (N-methyl/N-ethyl adjacent to an activating group) is 1. The number of halogens is 2. The van der Waals surface area contributed by atoms with Gasteiger partial charge in [0.05, 0.1) is 10.5 Å². The van der Waals surface area contributed by atoms with Gasteiger partial charge < -0.3 is 9.47 Å². The molecule has 0 spiro atoms. The number of amides is 1. The van der Waals surface area contributed by atoms with E-state index in [1.165, 1.54) is 22.4 Å². The average Bonchev–Trinajstić information content (AvgIpc) is 3.03. The van der Waals surface area contributed by atoms with Crippen LogP contribution in [0, 0.1) is 5.82 Å². The fraction of sp³-hybridized carbons (Fsp3) is 0.200. The number of hydrogen-bond donors (Lipinski definition) is 0. The smallest absolute Gasteiger partial charge is 0.241 e. The fourth-order valence-corrected chi connectivity index (χ4v) is 3.20. The number of carbonyl (C=O) groups is 1. The van der Waals surface area contributed by atoms with Crippen LogP contribution in [-0.4, -0.2) is 34.5 Å². The van der Waals surface area contributed by atoms with Crippen molar-refractivity contribution in [3.8, 4) is 10.4 Å². The predicted molar refractivity (Wildman–Crippen MR) is 86.7 cm³/mol. The number of thiophene rings is 1. The number of carbonyl (C=O) groups excluding carboxylic acids is 1. The maximum absolute atomic E-state index is 14.0. The SMILES string of the molecule is CN(C)C(=O)Cn1cc(F)c2ncc(-c3cc(Cl)cs3)cc21. The molecule has 4 nitrogen and oxygen atoms in total. The fourth-order valence-electron chi connectivity index (χ4n) is 2.14. The zero-order valence-electron chi connectivity index (χ0n) is 12.0. The minimum atomic E-state index is -0.433. The highest BCUT2D eigenvalue weighted by atomic mass is 35.5. The summed E-state index contributed by atoms with van der Waals surface area (Å²) >= 11 is 7.43. The summed E-state index contributed by atoms with van der Waals surface area (Å²) in [6.07, 6.45) is 2.93. The molecule has 0 unspecified atom stereocenters. The van der Waals surface area contributed by atoms with Crippen molar-refractivity contribution in [2.45, 2.75) is 6.54 Å². The van der Waals surface area contributed by atoms with E-state index in [1.54, 1.807) is 24.9 Å². The van der Waals surface area contributed by atoms with E-state index in [2.05, 4.69) is 4.98 Å². The van der Waals surface area contributed by atoms with Crippen molar-refractivity contribution in [2.75, 3.05) is 14.1 Å². The van der Waals surface area contributed by atoms with Crippen molar-refractivity contribution in [1.82, 2.24) is 14.5 Å². The third kappa shape index (κ3) is 2.71. The van der Waals surface area contributed by atoms with E-state index in [9.17, 15) is 9.18 Å². The summed E-state index contributed by atoms with van der Waals surface area (Å²) < 4.78 is 15.6. The second-order valence-corrected chi connectivity index (χ2v) is 6.46. The summed E-state index contributed by atoms with van der Waals surface area (Å²) in [6.45, 7) is 0.0732. The van der Waals surface area contributed by atoms with Crippen molar-refractivity contribution in [2.24, 2.45) is 0 Å². The third-order valence-corrected chi connectivity index (χ3v) is 4.66. The molecule has 7 heteroatoms. The summed E-state index contributed by atoms with van der Waals surface area (Å²) in [6, 6.07) is 3.67. The number of pyridine rings is 1. The Morgan fingerprint density at radius 2 is 2.23 bits per heavy atom. The first-order chi connectivity index (χ1) is 10.5. The van der Waals surface area contributed by atoms with Crippen molar-refractivity contribution in [3.63, 3.8) is 0 Å². The summed E-state index contributed by atoms with van der Waals surface area (Å²) in [5, 5.41) is 2.49. The third-order valence-electron chi connectivity index (χ3n) is 3.33. The molecule has 114 valence electrons. The minimum Gasteiger partial charge on any atom is -0.347 e. The highest BCUT2D eigenvalue weighted by molar-refractivity contribution is 7.14. The normalized spacial score (nSPS) is 11.1. The monoisotopic (exact) mass is 337 g/mol. The van der Waals surface area contributed by atoms with Gasteiger partial charge in [-0.1, -0.05) is 11.6 Å². The molecule has 22 heavy (non-hydrogen) atoms. The van der Waals surface area contributed by atoms with Crippen molar-refractivity contribution >= 4 is 39.9 Å². The van der Waals surface area contributed by atoms with Crippen LogP contribution in [0.4, 0.5) is 4.39 Å². The van der Waals surface area contributed by atoms with E-state index in [1.807, 2.05) is 17.5 Å². The topological polar surface area (TPSA) is 38.1 Å². The average molecular weight is 338 g/mol. The zero-order valence-corrected chi connectivity index (χ0v) is 13.6. The lowest BCUT2D eigenvalue weighted by Gasteiger charge is -2.11. The Morgan fingerprint density at radius 3 is 2.86 bits per heavy atom. The standard InChI is InChI=1S/C15H13ClFN3OS/c1-19(2)14(21)7-20-6-11(17)15-12(20)3-9(5-18-15)13-4-10(16)8-22-13/h3-6,8H,7H2,1-2H3. The lowest BCUT2D eigenvalue weighted by atomic mass is 10.2. The highest BCUT2D eigenvalue weighted by Crippen LogP contribution is 2.31.